The molecular formula is C54H59N3O4. The van der Waals surface area contributed by atoms with Gasteiger partial charge in [-0.3, -0.25) is 19.5 Å². The molecule has 7 rings (SSSR count). The van der Waals surface area contributed by atoms with Crippen molar-refractivity contribution in [2.24, 2.45) is 0 Å². The van der Waals surface area contributed by atoms with Crippen LogP contribution in [0, 0.1) is 0 Å². The highest BCUT2D eigenvalue weighted by atomic mass is 16.6. The molecule has 3 atom stereocenters. The molecule has 1 aliphatic heterocycles. The van der Waals surface area contributed by atoms with Crippen LogP contribution < -0.4 is 0 Å². The summed E-state index contributed by atoms with van der Waals surface area (Å²) in [7, 11) is 0. The fraction of sp³-hybridized carbons (Fsp3) is 0.296. The molecule has 1 heterocycles. The van der Waals surface area contributed by atoms with E-state index in [1.807, 2.05) is 137 Å². The van der Waals surface area contributed by atoms with Gasteiger partial charge in [0.2, 0.25) is 0 Å². The van der Waals surface area contributed by atoms with E-state index in [9.17, 15) is 0 Å². The number of hydrogen-bond donors (Lipinski definition) is 0. The van der Waals surface area contributed by atoms with Gasteiger partial charge in [0.25, 0.3) is 0 Å². The lowest BCUT2D eigenvalue weighted by atomic mass is 9.89. The van der Waals surface area contributed by atoms with Crippen LogP contribution in [0.25, 0.3) is 0 Å². The Kier molecular flexibility index (Phi) is 14.3. The average Bonchev–Trinajstić information content (AvgIpc) is 3.51. The predicted molar refractivity (Wildman–Crippen MR) is 243 cm³/mol. The molecule has 0 N–H and O–H groups in total. The van der Waals surface area contributed by atoms with Crippen molar-refractivity contribution in [3.63, 3.8) is 0 Å². The van der Waals surface area contributed by atoms with Crippen molar-refractivity contribution in [3.05, 3.63) is 215 Å². The number of amides is 1. The Morgan fingerprint density at radius 2 is 0.869 bits per heavy atom. The number of nitrogens with zero attached hydrogens (tertiary/aromatic N) is 3. The van der Waals surface area contributed by atoms with Crippen molar-refractivity contribution in [1.29, 1.82) is 0 Å². The topological polar surface area (TPSA) is 62.3 Å². The molecule has 0 unspecified atom stereocenters. The minimum absolute atomic E-state index is 0.146. The molecule has 0 saturated carbocycles. The number of carbonyl (C=O) groups excluding carboxylic acids is 2. The number of ether oxygens (including phenoxy) is 2. The molecule has 314 valence electrons. The van der Waals surface area contributed by atoms with Crippen molar-refractivity contribution < 1.29 is 19.1 Å². The molecule has 1 amide bonds. The summed E-state index contributed by atoms with van der Waals surface area (Å²) in [5, 5.41) is 0. The number of benzene rings is 6. The number of ketones is 1. The van der Waals surface area contributed by atoms with Crippen LogP contribution in [0.3, 0.4) is 0 Å². The van der Waals surface area contributed by atoms with Gasteiger partial charge in [0.15, 0.2) is 11.9 Å². The van der Waals surface area contributed by atoms with Crippen molar-refractivity contribution in [3.8, 4) is 0 Å². The average molecular weight is 814 g/mol. The summed E-state index contributed by atoms with van der Waals surface area (Å²) < 4.78 is 13.1. The molecule has 6 aromatic rings. The van der Waals surface area contributed by atoms with Crippen LogP contribution in [0.4, 0.5) is 4.79 Å². The van der Waals surface area contributed by atoms with Gasteiger partial charge in [-0.25, -0.2) is 4.79 Å². The van der Waals surface area contributed by atoms with Crippen LogP contribution in [-0.4, -0.2) is 62.6 Å². The zero-order valence-electron chi connectivity index (χ0n) is 36.0. The predicted octanol–water partition coefficient (Wildman–Crippen LogP) is 10.5. The minimum Gasteiger partial charge on any atom is -0.436 e. The van der Waals surface area contributed by atoms with E-state index < -0.39 is 35.5 Å². The van der Waals surface area contributed by atoms with Gasteiger partial charge in [-0.1, -0.05) is 182 Å². The number of rotatable bonds is 18. The summed E-state index contributed by atoms with van der Waals surface area (Å²) in [5.74, 6) is -0.146. The van der Waals surface area contributed by atoms with E-state index in [-0.39, 0.29) is 5.78 Å². The zero-order valence-corrected chi connectivity index (χ0v) is 36.0. The molecule has 1 aliphatic rings. The van der Waals surface area contributed by atoms with Crippen molar-refractivity contribution >= 4 is 11.9 Å². The summed E-state index contributed by atoms with van der Waals surface area (Å²) in [4.78, 5) is 37.7. The second kappa shape index (κ2) is 20.1. The van der Waals surface area contributed by atoms with Gasteiger partial charge in [-0.2, -0.15) is 0 Å². The van der Waals surface area contributed by atoms with Gasteiger partial charge in [-0.05, 0) is 73.9 Å². The molecule has 1 fully saturated rings. The second-order valence-corrected chi connectivity index (χ2v) is 17.3. The first-order valence-corrected chi connectivity index (χ1v) is 21.5. The van der Waals surface area contributed by atoms with E-state index in [4.69, 9.17) is 9.47 Å². The zero-order chi connectivity index (χ0) is 42.7. The highest BCUT2D eigenvalue weighted by Gasteiger charge is 2.52. The largest absolute Gasteiger partial charge is 0.436 e. The van der Waals surface area contributed by atoms with Gasteiger partial charge >= 0.3 is 6.09 Å². The van der Waals surface area contributed by atoms with E-state index in [2.05, 4.69) is 82.6 Å². The number of carbonyl (C=O) groups is 2. The third-order valence-electron chi connectivity index (χ3n) is 11.7. The molecule has 61 heavy (non-hydrogen) atoms. The highest BCUT2D eigenvalue weighted by molar-refractivity contribution is 5.91. The summed E-state index contributed by atoms with van der Waals surface area (Å²) >= 11 is 0. The van der Waals surface area contributed by atoms with Gasteiger partial charge in [0.05, 0.1) is 24.2 Å². The summed E-state index contributed by atoms with van der Waals surface area (Å²) in [6.45, 7) is 10.2. The normalized spacial score (nSPS) is 15.9. The Balaban J connectivity index is 1.41. The molecule has 0 bridgehead atoms. The smallest absolute Gasteiger partial charge is 0.413 e. The van der Waals surface area contributed by atoms with E-state index in [0.717, 1.165) is 33.4 Å². The first-order valence-electron chi connectivity index (χ1n) is 21.5. The lowest BCUT2D eigenvalue weighted by Crippen LogP contribution is -2.59. The van der Waals surface area contributed by atoms with Gasteiger partial charge in [-0.15, -0.1) is 0 Å². The summed E-state index contributed by atoms with van der Waals surface area (Å²) in [6.07, 6.45) is -0.871. The van der Waals surface area contributed by atoms with Crippen LogP contribution >= 0.6 is 0 Å². The highest BCUT2D eigenvalue weighted by Crippen LogP contribution is 2.36. The Morgan fingerprint density at radius 3 is 1.23 bits per heavy atom. The maximum Gasteiger partial charge on any atom is 0.413 e. The molecule has 0 aliphatic carbocycles. The van der Waals surface area contributed by atoms with Crippen LogP contribution in [-0.2, 0) is 53.3 Å². The molecular weight excluding hydrogens is 755 g/mol. The van der Waals surface area contributed by atoms with Crippen LogP contribution in [0.1, 0.15) is 61.1 Å². The Hall–Kier alpha value is -5.86. The van der Waals surface area contributed by atoms with Crippen LogP contribution in [0.2, 0.25) is 0 Å². The first-order chi connectivity index (χ1) is 29.6. The Bertz CT molecular complexity index is 2160. The first kappa shape index (κ1) is 43.2. The van der Waals surface area contributed by atoms with E-state index in [1.54, 1.807) is 4.90 Å². The summed E-state index contributed by atoms with van der Waals surface area (Å²) in [6, 6.07) is 60.5. The maximum atomic E-state index is 16.4. The van der Waals surface area contributed by atoms with Crippen molar-refractivity contribution in [1.82, 2.24) is 14.7 Å². The van der Waals surface area contributed by atoms with E-state index >= 15 is 9.59 Å². The third kappa shape index (κ3) is 11.5. The molecule has 7 heteroatoms. The van der Waals surface area contributed by atoms with Crippen LogP contribution in [0.5, 0.6) is 0 Å². The quantitative estimate of drug-likeness (QED) is 0.0861. The molecule has 7 nitrogen and oxygen atoms in total. The van der Waals surface area contributed by atoms with Gasteiger partial charge < -0.3 is 9.47 Å². The Labute approximate surface area is 362 Å². The fourth-order valence-corrected chi connectivity index (χ4v) is 8.72. The second-order valence-electron chi connectivity index (χ2n) is 17.3. The lowest BCUT2D eigenvalue weighted by Gasteiger charge is -2.42. The lowest BCUT2D eigenvalue weighted by molar-refractivity contribution is -0.140. The molecule has 0 radical (unpaired) electrons. The van der Waals surface area contributed by atoms with Crippen molar-refractivity contribution in [2.75, 3.05) is 6.61 Å². The molecule has 1 saturated heterocycles. The molecule has 0 aromatic heterocycles. The van der Waals surface area contributed by atoms with Gasteiger partial charge in [0, 0.05) is 26.2 Å². The third-order valence-corrected chi connectivity index (χ3v) is 11.7. The minimum atomic E-state index is -1.19. The van der Waals surface area contributed by atoms with E-state index in [0.29, 0.717) is 45.6 Å². The summed E-state index contributed by atoms with van der Waals surface area (Å²) in [5.41, 5.74) is 4.82. The molecule has 0 spiro atoms. The van der Waals surface area contributed by atoms with E-state index in [1.165, 1.54) is 0 Å². The fourth-order valence-electron chi connectivity index (χ4n) is 8.72. The molecule has 6 aromatic carbocycles. The SMILES string of the molecule is CC1(C)COC(C)(C)N1C(=O)O[C@H](C(=O)[C@H](Cc1ccccc1)N(Cc1ccccc1)Cc1ccccc1)[C@H](Cc1ccccc1)N(Cc1ccccc1)Cc1ccccc1. The van der Waals surface area contributed by atoms with Crippen LogP contribution in [0.15, 0.2) is 182 Å². The maximum absolute atomic E-state index is 16.4. The van der Waals surface area contributed by atoms with Crippen molar-refractivity contribution in [2.45, 2.75) is 96.2 Å². The number of hydrogen-bond acceptors (Lipinski definition) is 6. The monoisotopic (exact) mass is 813 g/mol. The number of Topliss-reactive ketones (excluding diaryl/α,β-unsaturated/α-hetero) is 1. The van der Waals surface area contributed by atoms with Gasteiger partial charge in [0.1, 0.15) is 5.72 Å². The Morgan fingerprint density at radius 1 is 0.525 bits per heavy atom. The standard InChI is InChI=1S/C54H59N3O4/c1-53(2)41-60-54(3,4)57(53)52(59)61-51(49(36-43-25-13-6-14-26-43)56(39-46-31-19-9-20-32-46)40-47-33-21-10-22-34-47)50(58)48(35-42-23-11-5-12-24-42)55(37-44-27-15-7-16-28-44)38-45-29-17-8-18-30-45/h5-34,48-49,51H,35-41H2,1-4H3/t48-,49-,51-/m0/s1.